The van der Waals surface area contributed by atoms with Gasteiger partial charge in [-0.05, 0) is 24.3 Å². The molecule has 0 aliphatic carbocycles. The van der Waals surface area contributed by atoms with Crippen molar-refractivity contribution in [3.63, 3.8) is 0 Å². The molecular weight excluding hydrogens is 321 g/mol. The molecule has 0 fully saturated rings. The number of aromatic nitrogens is 2. The van der Waals surface area contributed by atoms with Gasteiger partial charge in [-0.3, -0.25) is 10.1 Å². The fourth-order valence-corrected chi connectivity index (χ4v) is 2.01. The van der Waals surface area contributed by atoms with Crippen molar-refractivity contribution in [3.05, 3.63) is 58.7 Å². The molecule has 8 nitrogen and oxygen atoms in total. The normalized spacial score (nSPS) is 10.4. The van der Waals surface area contributed by atoms with Gasteiger partial charge in [0.15, 0.2) is 0 Å². The standard InChI is InChI=1S/C15H10FN3O5/c1-22-11-6-12(16)14(19(20)21)13(7-11)24-10-4-2-9(3-5-10)15-18-17-8-23-15/h2-8H,1H3. The zero-order valence-corrected chi connectivity index (χ0v) is 12.3. The van der Waals surface area contributed by atoms with E-state index in [-0.39, 0.29) is 17.2 Å². The maximum atomic E-state index is 13.9. The molecule has 0 amide bonds. The number of nitro groups is 1. The molecule has 0 saturated carbocycles. The highest BCUT2D eigenvalue weighted by Gasteiger charge is 2.24. The monoisotopic (exact) mass is 331 g/mol. The third kappa shape index (κ3) is 3.00. The lowest BCUT2D eigenvalue weighted by atomic mass is 10.2. The number of benzene rings is 2. The molecule has 1 heterocycles. The number of rotatable bonds is 5. The van der Waals surface area contributed by atoms with Gasteiger partial charge in [0.05, 0.1) is 12.0 Å². The van der Waals surface area contributed by atoms with Crippen molar-refractivity contribution in [3.8, 4) is 28.7 Å². The summed E-state index contributed by atoms with van der Waals surface area (Å²) in [6.45, 7) is 0. The van der Waals surface area contributed by atoms with Gasteiger partial charge in [-0.1, -0.05) is 0 Å². The summed E-state index contributed by atoms with van der Waals surface area (Å²) in [5, 5.41) is 18.4. The third-order valence-electron chi connectivity index (χ3n) is 3.11. The van der Waals surface area contributed by atoms with E-state index in [1.807, 2.05) is 0 Å². The van der Waals surface area contributed by atoms with E-state index in [0.29, 0.717) is 11.5 Å². The van der Waals surface area contributed by atoms with Gasteiger partial charge in [0.2, 0.25) is 23.9 Å². The first kappa shape index (κ1) is 15.4. The molecule has 0 atom stereocenters. The predicted molar refractivity (Wildman–Crippen MR) is 79.4 cm³/mol. The van der Waals surface area contributed by atoms with E-state index < -0.39 is 16.4 Å². The van der Waals surface area contributed by atoms with Crippen LogP contribution in [-0.4, -0.2) is 22.2 Å². The van der Waals surface area contributed by atoms with Gasteiger partial charge < -0.3 is 13.9 Å². The Balaban J connectivity index is 1.93. The predicted octanol–water partition coefficient (Wildman–Crippen LogP) is 3.58. The lowest BCUT2D eigenvalue weighted by Crippen LogP contribution is -1.98. The fourth-order valence-electron chi connectivity index (χ4n) is 2.01. The Kier molecular flexibility index (Phi) is 4.06. The van der Waals surface area contributed by atoms with Gasteiger partial charge in [0.1, 0.15) is 11.5 Å². The average molecular weight is 331 g/mol. The van der Waals surface area contributed by atoms with Crippen molar-refractivity contribution in [1.82, 2.24) is 10.2 Å². The average Bonchev–Trinajstić information content (AvgIpc) is 3.09. The molecule has 0 aliphatic heterocycles. The molecule has 0 N–H and O–H groups in total. The van der Waals surface area contributed by atoms with Crippen LogP contribution in [0, 0.1) is 15.9 Å². The summed E-state index contributed by atoms with van der Waals surface area (Å²) in [4.78, 5) is 10.2. The number of nitrogens with zero attached hydrogens (tertiary/aromatic N) is 3. The smallest absolute Gasteiger partial charge is 0.347 e. The first-order chi connectivity index (χ1) is 11.6. The van der Waals surface area contributed by atoms with E-state index in [1.54, 1.807) is 24.3 Å². The second-order valence-electron chi connectivity index (χ2n) is 4.58. The number of ether oxygens (including phenoxy) is 2. The highest BCUT2D eigenvalue weighted by Crippen LogP contribution is 2.37. The lowest BCUT2D eigenvalue weighted by molar-refractivity contribution is -0.388. The maximum absolute atomic E-state index is 13.9. The van der Waals surface area contributed by atoms with E-state index in [2.05, 4.69) is 10.2 Å². The topological polar surface area (TPSA) is 101 Å². The van der Waals surface area contributed by atoms with Gasteiger partial charge in [0.25, 0.3) is 0 Å². The summed E-state index contributed by atoms with van der Waals surface area (Å²) in [6.07, 6.45) is 1.20. The number of halogens is 1. The van der Waals surface area contributed by atoms with Gasteiger partial charge in [0, 0.05) is 17.7 Å². The lowest BCUT2D eigenvalue weighted by Gasteiger charge is -2.09. The SMILES string of the molecule is COc1cc(F)c([N+](=O)[O-])c(Oc2ccc(-c3nnco3)cc2)c1. The Labute approximate surface area is 134 Å². The molecule has 3 rings (SSSR count). The molecule has 9 heteroatoms. The van der Waals surface area contributed by atoms with Crippen molar-refractivity contribution in [2.45, 2.75) is 0 Å². The second kappa shape index (κ2) is 6.32. The number of hydrogen-bond acceptors (Lipinski definition) is 7. The summed E-state index contributed by atoms with van der Waals surface area (Å²) in [5.41, 5.74) is -0.122. The van der Waals surface area contributed by atoms with Crippen molar-refractivity contribution in [2.24, 2.45) is 0 Å². The highest BCUT2D eigenvalue weighted by molar-refractivity contribution is 5.56. The molecule has 0 aliphatic rings. The molecule has 24 heavy (non-hydrogen) atoms. The summed E-state index contributed by atoms with van der Waals surface area (Å²) in [6, 6.07) is 8.51. The summed E-state index contributed by atoms with van der Waals surface area (Å²) < 4.78 is 29.3. The Morgan fingerprint density at radius 1 is 1.21 bits per heavy atom. The van der Waals surface area contributed by atoms with E-state index in [1.165, 1.54) is 19.6 Å². The summed E-state index contributed by atoms with van der Waals surface area (Å²) >= 11 is 0. The fraction of sp³-hybridized carbons (Fsp3) is 0.0667. The van der Waals surface area contributed by atoms with Crippen LogP contribution >= 0.6 is 0 Å². The van der Waals surface area contributed by atoms with Crippen LogP contribution in [0.2, 0.25) is 0 Å². The molecule has 0 bridgehead atoms. The first-order valence-corrected chi connectivity index (χ1v) is 6.65. The van der Waals surface area contributed by atoms with Gasteiger partial charge >= 0.3 is 5.69 Å². The van der Waals surface area contributed by atoms with Gasteiger partial charge in [-0.2, -0.15) is 4.39 Å². The van der Waals surface area contributed by atoms with Crippen LogP contribution in [0.3, 0.4) is 0 Å². The first-order valence-electron chi connectivity index (χ1n) is 6.65. The van der Waals surface area contributed by atoms with Crippen molar-refractivity contribution >= 4 is 5.69 Å². The van der Waals surface area contributed by atoms with E-state index in [9.17, 15) is 14.5 Å². The van der Waals surface area contributed by atoms with Crippen LogP contribution in [0.5, 0.6) is 17.2 Å². The van der Waals surface area contributed by atoms with Crippen molar-refractivity contribution < 1.29 is 23.2 Å². The van der Waals surface area contributed by atoms with Gasteiger partial charge in [-0.25, -0.2) is 0 Å². The van der Waals surface area contributed by atoms with Crippen LogP contribution in [0.25, 0.3) is 11.5 Å². The molecule has 0 spiro atoms. The van der Waals surface area contributed by atoms with E-state index in [0.717, 1.165) is 6.07 Å². The quantitative estimate of drug-likeness (QED) is 0.520. The number of nitro benzene ring substituents is 1. The molecule has 122 valence electrons. The Bertz CT molecular complexity index is 866. The summed E-state index contributed by atoms with van der Waals surface area (Å²) in [7, 11) is 1.32. The molecule has 2 aromatic carbocycles. The minimum Gasteiger partial charge on any atom is -0.497 e. The minimum atomic E-state index is -1.04. The molecule has 0 radical (unpaired) electrons. The molecule has 0 unspecified atom stereocenters. The number of hydrogen-bond donors (Lipinski definition) is 0. The Hall–Kier alpha value is -3.49. The van der Waals surface area contributed by atoms with Crippen LogP contribution in [0.15, 0.2) is 47.2 Å². The largest absolute Gasteiger partial charge is 0.497 e. The molecular formula is C15H10FN3O5. The van der Waals surface area contributed by atoms with Crippen molar-refractivity contribution in [2.75, 3.05) is 7.11 Å². The highest BCUT2D eigenvalue weighted by atomic mass is 19.1. The van der Waals surface area contributed by atoms with Crippen LogP contribution in [0.1, 0.15) is 0 Å². The Morgan fingerprint density at radius 2 is 1.96 bits per heavy atom. The minimum absolute atomic E-state index is 0.107. The number of methoxy groups -OCH3 is 1. The molecule has 1 aromatic heterocycles. The molecule has 0 saturated heterocycles. The van der Waals surface area contributed by atoms with Crippen LogP contribution in [-0.2, 0) is 0 Å². The molecule has 3 aromatic rings. The van der Waals surface area contributed by atoms with Crippen molar-refractivity contribution in [1.29, 1.82) is 0 Å². The Morgan fingerprint density at radius 3 is 2.54 bits per heavy atom. The third-order valence-corrected chi connectivity index (χ3v) is 3.11. The van der Waals surface area contributed by atoms with Crippen LogP contribution < -0.4 is 9.47 Å². The van der Waals surface area contributed by atoms with Crippen LogP contribution in [0.4, 0.5) is 10.1 Å². The zero-order valence-electron chi connectivity index (χ0n) is 12.3. The maximum Gasteiger partial charge on any atom is 0.347 e. The summed E-state index contributed by atoms with van der Waals surface area (Å²) in [5.74, 6) is -0.608. The second-order valence-corrected chi connectivity index (χ2v) is 4.58. The zero-order chi connectivity index (χ0) is 17.1. The van der Waals surface area contributed by atoms with E-state index in [4.69, 9.17) is 13.9 Å². The van der Waals surface area contributed by atoms with Gasteiger partial charge in [-0.15, -0.1) is 10.2 Å². The van der Waals surface area contributed by atoms with E-state index >= 15 is 0 Å².